The number of benzene rings is 1. The van der Waals surface area contributed by atoms with Gasteiger partial charge in [0.05, 0.1) is 0 Å². The fourth-order valence-corrected chi connectivity index (χ4v) is 1.85. The first-order valence-electron chi connectivity index (χ1n) is 5.59. The number of hydrogen-bond acceptors (Lipinski definition) is 2. The number of anilines is 1. The number of para-hydroxylation sites is 1. The number of carbonyl (C=O) groups excluding carboxylic acids is 2. The second kappa shape index (κ2) is 5.12. The predicted molar refractivity (Wildman–Crippen MR) is 60.7 cm³/mol. The van der Waals surface area contributed by atoms with Gasteiger partial charge < -0.3 is 10.6 Å². The molecular weight excluding hydrogens is 242 g/mol. The molecule has 1 aliphatic rings. The number of halogens is 2. The fourth-order valence-electron chi connectivity index (χ4n) is 1.85. The maximum absolute atomic E-state index is 13.3. The zero-order valence-corrected chi connectivity index (χ0v) is 9.50. The molecule has 1 atom stereocenters. The first kappa shape index (κ1) is 12.5. The summed E-state index contributed by atoms with van der Waals surface area (Å²) in [7, 11) is 0. The summed E-state index contributed by atoms with van der Waals surface area (Å²) in [4.78, 5) is 22.9. The van der Waals surface area contributed by atoms with Crippen molar-refractivity contribution in [1.82, 2.24) is 5.32 Å². The highest BCUT2D eigenvalue weighted by atomic mass is 19.1. The lowest BCUT2D eigenvalue weighted by atomic mass is 9.96. The smallest absolute Gasteiger partial charge is 0.228 e. The van der Waals surface area contributed by atoms with Crippen molar-refractivity contribution in [1.29, 1.82) is 0 Å². The van der Waals surface area contributed by atoms with E-state index in [1.807, 2.05) is 0 Å². The van der Waals surface area contributed by atoms with Gasteiger partial charge in [-0.05, 0) is 18.6 Å². The normalized spacial score (nSPS) is 19.2. The molecule has 2 amide bonds. The van der Waals surface area contributed by atoms with Crippen LogP contribution in [0.25, 0.3) is 0 Å². The third-order valence-electron chi connectivity index (χ3n) is 2.83. The Kier molecular flexibility index (Phi) is 3.55. The molecule has 1 fully saturated rings. The fraction of sp³-hybridized carbons (Fsp3) is 0.333. The van der Waals surface area contributed by atoms with Crippen molar-refractivity contribution >= 4 is 17.5 Å². The first-order valence-corrected chi connectivity index (χ1v) is 5.59. The first-order chi connectivity index (χ1) is 8.58. The van der Waals surface area contributed by atoms with E-state index in [0.29, 0.717) is 13.0 Å². The summed E-state index contributed by atoms with van der Waals surface area (Å²) in [6.07, 6.45) is 0.509. The number of rotatable bonds is 2. The molecule has 2 rings (SSSR count). The minimum Gasteiger partial charge on any atom is -0.356 e. The van der Waals surface area contributed by atoms with Crippen molar-refractivity contribution < 1.29 is 18.4 Å². The maximum atomic E-state index is 13.3. The SMILES string of the molecule is O=C1CC(C(=O)Nc2c(F)cccc2F)CCN1. The van der Waals surface area contributed by atoms with E-state index < -0.39 is 29.1 Å². The predicted octanol–water partition coefficient (Wildman–Crippen LogP) is 1.43. The average molecular weight is 254 g/mol. The highest BCUT2D eigenvalue weighted by molar-refractivity contribution is 5.95. The van der Waals surface area contributed by atoms with Gasteiger partial charge in [-0.15, -0.1) is 0 Å². The molecule has 2 N–H and O–H groups in total. The highest BCUT2D eigenvalue weighted by Crippen LogP contribution is 2.21. The van der Waals surface area contributed by atoms with E-state index in [4.69, 9.17) is 0 Å². The van der Waals surface area contributed by atoms with Gasteiger partial charge in [0.2, 0.25) is 11.8 Å². The van der Waals surface area contributed by atoms with Crippen molar-refractivity contribution in [2.24, 2.45) is 5.92 Å². The Labute approximate surface area is 102 Å². The van der Waals surface area contributed by atoms with Gasteiger partial charge in [0.1, 0.15) is 17.3 Å². The summed E-state index contributed by atoms with van der Waals surface area (Å²) in [5.41, 5.74) is -0.464. The molecule has 4 nitrogen and oxygen atoms in total. The van der Waals surface area contributed by atoms with Gasteiger partial charge in [-0.25, -0.2) is 8.78 Å². The molecule has 0 radical (unpaired) electrons. The standard InChI is InChI=1S/C12H12F2N2O2/c13-8-2-1-3-9(14)11(8)16-12(18)7-4-5-15-10(17)6-7/h1-3,7H,4-6H2,(H,15,17)(H,16,18). The molecule has 6 heteroatoms. The highest BCUT2D eigenvalue weighted by Gasteiger charge is 2.26. The lowest BCUT2D eigenvalue weighted by Crippen LogP contribution is -2.38. The van der Waals surface area contributed by atoms with Crippen LogP contribution in [-0.4, -0.2) is 18.4 Å². The summed E-state index contributed by atoms with van der Waals surface area (Å²) < 4.78 is 26.6. The van der Waals surface area contributed by atoms with Crippen LogP contribution in [-0.2, 0) is 9.59 Å². The van der Waals surface area contributed by atoms with Crippen molar-refractivity contribution in [3.63, 3.8) is 0 Å². The van der Waals surface area contributed by atoms with Crippen LogP contribution in [0.3, 0.4) is 0 Å². The Bertz CT molecular complexity index is 471. The van der Waals surface area contributed by atoms with Gasteiger partial charge in [-0.3, -0.25) is 9.59 Å². The zero-order chi connectivity index (χ0) is 13.1. The van der Waals surface area contributed by atoms with Crippen LogP contribution < -0.4 is 10.6 Å². The molecule has 0 spiro atoms. The Balaban J connectivity index is 2.09. The second-order valence-electron chi connectivity index (χ2n) is 4.13. The lowest BCUT2D eigenvalue weighted by molar-refractivity contribution is -0.129. The van der Waals surface area contributed by atoms with E-state index in [1.54, 1.807) is 0 Å². The molecule has 1 unspecified atom stereocenters. The van der Waals surface area contributed by atoms with E-state index in [2.05, 4.69) is 10.6 Å². The van der Waals surface area contributed by atoms with Crippen LogP contribution in [0, 0.1) is 17.6 Å². The number of amides is 2. The molecule has 0 bridgehead atoms. The summed E-state index contributed by atoms with van der Waals surface area (Å²) in [6, 6.07) is 3.34. The van der Waals surface area contributed by atoms with Crippen LogP contribution in [0.2, 0.25) is 0 Å². The molecule has 0 aliphatic carbocycles. The van der Waals surface area contributed by atoms with Crippen molar-refractivity contribution in [2.45, 2.75) is 12.8 Å². The van der Waals surface area contributed by atoms with E-state index in [-0.39, 0.29) is 12.3 Å². The number of piperidine rings is 1. The van der Waals surface area contributed by atoms with Crippen LogP contribution in [0.1, 0.15) is 12.8 Å². The van der Waals surface area contributed by atoms with Gasteiger partial charge in [0, 0.05) is 18.9 Å². The Hall–Kier alpha value is -1.98. The molecule has 1 saturated heterocycles. The molecular formula is C12H12F2N2O2. The van der Waals surface area contributed by atoms with Gasteiger partial charge in [0.25, 0.3) is 0 Å². The van der Waals surface area contributed by atoms with E-state index >= 15 is 0 Å². The Morgan fingerprint density at radius 1 is 1.33 bits per heavy atom. The largest absolute Gasteiger partial charge is 0.356 e. The van der Waals surface area contributed by atoms with Gasteiger partial charge >= 0.3 is 0 Å². The summed E-state index contributed by atoms with van der Waals surface area (Å²) >= 11 is 0. The van der Waals surface area contributed by atoms with Crippen LogP contribution in [0.15, 0.2) is 18.2 Å². The summed E-state index contributed by atoms with van der Waals surface area (Å²) in [6.45, 7) is 0.399. The third-order valence-corrected chi connectivity index (χ3v) is 2.83. The monoisotopic (exact) mass is 254 g/mol. The maximum Gasteiger partial charge on any atom is 0.228 e. The molecule has 1 heterocycles. The summed E-state index contributed by atoms with van der Waals surface area (Å²) in [5.74, 6) is -2.96. The molecule has 96 valence electrons. The minimum absolute atomic E-state index is 0.0436. The molecule has 1 aromatic carbocycles. The van der Waals surface area contributed by atoms with E-state index in [0.717, 1.165) is 12.1 Å². The molecule has 18 heavy (non-hydrogen) atoms. The summed E-state index contributed by atoms with van der Waals surface area (Å²) in [5, 5.41) is 4.79. The van der Waals surface area contributed by atoms with Gasteiger partial charge in [-0.2, -0.15) is 0 Å². The molecule has 1 aliphatic heterocycles. The molecule has 1 aromatic rings. The van der Waals surface area contributed by atoms with Crippen molar-refractivity contribution in [3.8, 4) is 0 Å². The topological polar surface area (TPSA) is 58.2 Å². The van der Waals surface area contributed by atoms with Gasteiger partial charge in [-0.1, -0.05) is 6.07 Å². The third kappa shape index (κ3) is 2.64. The minimum atomic E-state index is -0.830. The number of carbonyl (C=O) groups is 2. The Morgan fingerprint density at radius 3 is 2.61 bits per heavy atom. The van der Waals surface area contributed by atoms with Crippen LogP contribution in [0.4, 0.5) is 14.5 Å². The number of hydrogen-bond donors (Lipinski definition) is 2. The molecule has 0 saturated carbocycles. The van der Waals surface area contributed by atoms with Crippen molar-refractivity contribution in [2.75, 3.05) is 11.9 Å². The average Bonchev–Trinajstić information content (AvgIpc) is 2.34. The zero-order valence-electron chi connectivity index (χ0n) is 9.50. The van der Waals surface area contributed by atoms with E-state index in [1.165, 1.54) is 6.07 Å². The van der Waals surface area contributed by atoms with Crippen molar-refractivity contribution in [3.05, 3.63) is 29.8 Å². The van der Waals surface area contributed by atoms with E-state index in [9.17, 15) is 18.4 Å². The van der Waals surface area contributed by atoms with Crippen LogP contribution >= 0.6 is 0 Å². The molecule has 0 aromatic heterocycles. The van der Waals surface area contributed by atoms with Gasteiger partial charge in [0.15, 0.2) is 0 Å². The lowest BCUT2D eigenvalue weighted by Gasteiger charge is -2.21. The Morgan fingerprint density at radius 2 is 2.00 bits per heavy atom. The van der Waals surface area contributed by atoms with Crippen LogP contribution in [0.5, 0.6) is 0 Å². The second-order valence-corrected chi connectivity index (χ2v) is 4.13. The number of nitrogens with one attached hydrogen (secondary N) is 2. The quantitative estimate of drug-likeness (QED) is 0.838.